The molecule has 1 amide bonds. The van der Waals surface area contributed by atoms with E-state index in [0.717, 1.165) is 50.7 Å². The molecule has 4 rings (SSSR count). The lowest BCUT2D eigenvalue weighted by Crippen LogP contribution is -2.16. The molecule has 0 saturated heterocycles. The third-order valence-corrected chi connectivity index (χ3v) is 5.79. The maximum atomic E-state index is 13.0. The van der Waals surface area contributed by atoms with Crippen LogP contribution in [0, 0.1) is 20.8 Å². The van der Waals surface area contributed by atoms with Crippen molar-refractivity contribution in [3.8, 4) is 0 Å². The van der Waals surface area contributed by atoms with Crippen LogP contribution in [-0.4, -0.2) is 20.7 Å². The van der Waals surface area contributed by atoms with E-state index in [-0.39, 0.29) is 5.91 Å². The van der Waals surface area contributed by atoms with E-state index < -0.39 is 0 Å². The van der Waals surface area contributed by atoms with Gasteiger partial charge in [-0.3, -0.25) is 14.5 Å². The number of nitrogens with zero attached hydrogens (tertiary/aromatic N) is 3. The number of fused-ring (bicyclic) bond motifs is 2. The van der Waals surface area contributed by atoms with Gasteiger partial charge in [0.1, 0.15) is 5.82 Å². The second kappa shape index (κ2) is 5.88. The Hall–Kier alpha value is -2.34. The van der Waals surface area contributed by atoms with E-state index in [4.69, 9.17) is 0 Å². The molecule has 0 bridgehead atoms. The number of pyridine rings is 1. The minimum atomic E-state index is -0.110. The Labute approximate surface area is 150 Å². The lowest BCUT2D eigenvalue weighted by atomic mass is 10.0. The first-order valence-electron chi connectivity index (χ1n) is 8.27. The number of amides is 1. The molecular weight excluding hydrogens is 332 g/mol. The smallest absolute Gasteiger partial charge is 0.257 e. The largest absolute Gasteiger partial charge is 0.306 e. The van der Waals surface area contributed by atoms with Crippen molar-refractivity contribution in [1.82, 2.24) is 14.8 Å². The summed E-state index contributed by atoms with van der Waals surface area (Å²) in [4.78, 5) is 17.7. The number of carbonyl (C=O) groups excluding carboxylic acids is 1. The van der Waals surface area contributed by atoms with Crippen LogP contribution in [0.3, 0.4) is 0 Å². The lowest BCUT2D eigenvalue weighted by Gasteiger charge is -2.12. The number of hydrogen-bond donors (Lipinski definition) is 1. The number of thioether (sulfide) groups is 1. The van der Waals surface area contributed by atoms with Crippen LogP contribution in [0.5, 0.6) is 0 Å². The molecule has 3 heterocycles. The molecule has 0 fully saturated rings. The fourth-order valence-corrected chi connectivity index (χ4v) is 4.35. The van der Waals surface area contributed by atoms with Gasteiger partial charge < -0.3 is 5.32 Å². The normalized spacial score (nSPS) is 13.3. The summed E-state index contributed by atoms with van der Waals surface area (Å²) < 4.78 is 1.77. The number of rotatable bonds is 2. The van der Waals surface area contributed by atoms with Crippen molar-refractivity contribution < 1.29 is 4.79 Å². The number of nitrogens with one attached hydrogen (secondary N) is 1. The van der Waals surface area contributed by atoms with Gasteiger partial charge in [0.15, 0.2) is 0 Å². The Kier molecular flexibility index (Phi) is 3.80. The van der Waals surface area contributed by atoms with Crippen LogP contribution < -0.4 is 5.32 Å². The molecule has 1 N–H and O–H groups in total. The van der Waals surface area contributed by atoms with Crippen molar-refractivity contribution in [2.75, 3.05) is 5.32 Å². The molecule has 128 valence electrons. The highest BCUT2D eigenvalue weighted by Gasteiger charge is 2.23. The SMILES string of the molecule is Cc1cc(C(=O)Nc2c3c(nn2C)CSC3)c2ccc(C)c(C)c2n1. The summed E-state index contributed by atoms with van der Waals surface area (Å²) in [5.74, 6) is 2.50. The van der Waals surface area contributed by atoms with Crippen molar-refractivity contribution in [2.24, 2.45) is 7.05 Å². The molecule has 0 unspecified atom stereocenters. The summed E-state index contributed by atoms with van der Waals surface area (Å²) >= 11 is 1.83. The van der Waals surface area contributed by atoms with Crippen molar-refractivity contribution in [2.45, 2.75) is 32.3 Å². The van der Waals surface area contributed by atoms with E-state index in [1.54, 1.807) is 4.68 Å². The average molecular weight is 352 g/mol. The number of aryl methyl sites for hydroxylation is 4. The van der Waals surface area contributed by atoms with Crippen LogP contribution in [0.25, 0.3) is 10.9 Å². The van der Waals surface area contributed by atoms with Gasteiger partial charge in [-0.15, -0.1) is 0 Å². The molecule has 6 heteroatoms. The fourth-order valence-electron chi connectivity index (χ4n) is 3.32. The van der Waals surface area contributed by atoms with Crippen LogP contribution in [0.2, 0.25) is 0 Å². The molecule has 3 aromatic rings. The predicted octanol–water partition coefficient (Wildman–Crippen LogP) is 3.89. The number of anilines is 1. The van der Waals surface area contributed by atoms with Gasteiger partial charge in [-0.1, -0.05) is 12.1 Å². The Morgan fingerprint density at radius 3 is 2.84 bits per heavy atom. The highest BCUT2D eigenvalue weighted by Crippen LogP contribution is 2.34. The third-order valence-electron chi connectivity index (χ3n) is 4.82. The number of benzene rings is 1. The van der Waals surface area contributed by atoms with Gasteiger partial charge in [-0.25, -0.2) is 0 Å². The van der Waals surface area contributed by atoms with Crippen molar-refractivity contribution in [1.29, 1.82) is 0 Å². The molecule has 0 saturated carbocycles. The van der Waals surface area contributed by atoms with Gasteiger partial charge in [-0.2, -0.15) is 16.9 Å². The summed E-state index contributed by atoms with van der Waals surface area (Å²) in [6.07, 6.45) is 0. The second-order valence-electron chi connectivity index (χ2n) is 6.56. The molecule has 0 atom stereocenters. The second-order valence-corrected chi connectivity index (χ2v) is 7.54. The maximum Gasteiger partial charge on any atom is 0.257 e. The fraction of sp³-hybridized carbons (Fsp3) is 0.316. The van der Waals surface area contributed by atoms with E-state index in [9.17, 15) is 4.79 Å². The first-order chi connectivity index (χ1) is 12.0. The summed E-state index contributed by atoms with van der Waals surface area (Å²) in [6.45, 7) is 6.04. The topological polar surface area (TPSA) is 59.8 Å². The van der Waals surface area contributed by atoms with E-state index >= 15 is 0 Å². The maximum absolute atomic E-state index is 13.0. The van der Waals surface area contributed by atoms with Gasteiger partial charge in [0.05, 0.1) is 16.8 Å². The average Bonchev–Trinajstić information content (AvgIpc) is 3.13. The van der Waals surface area contributed by atoms with E-state index in [2.05, 4.69) is 29.2 Å². The van der Waals surface area contributed by atoms with Crippen molar-refractivity contribution >= 4 is 34.4 Å². The first-order valence-corrected chi connectivity index (χ1v) is 9.42. The Bertz CT molecular complexity index is 1020. The molecule has 1 aliphatic rings. The monoisotopic (exact) mass is 352 g/mol. The minimum Gasteiger partial charge on any atom is -0.306 e. The third kappa shape index (κ3) is 2.61. The zero-order chi connectivity index (χ0) is 17.7. The summed E-state index contributed by atoms with van der Waals surface area (Å²) in [5, 5.41) is 8.48. The van der Waals surface area contributed by atoms with Crippen LogP contribution in [0.4, 0.5) is 5.82 Å². The molecule has 1 aromatic carbocycles. The van der Waals surface area contributed by atoms with Crippen LogP contribution >= 0.6 is 11.8 Å². The van der Waals surface area contributed by atoms with Crippen molar-refractivity contribution in [3.05, 3.63) is 51.8 Å². The Morgan fingerprint density at radius 1 is 1.24 bits per heavy atom. The number of hydrogen-bond acceptors (Lipinski definition) is 4. The van der Waals surface area contributed by atoms with Gasteiger partial charge in [0, 0.05) is 35.2 Å². The van der Waals surface area contributed by atoms with Gasteiger partial charge in [0.25, 0.3) is 5.91 Å². The molecule has 25 heavy (non-hydrogen) atoms. The van der Waals surface area contributed by atoms with Crippen LogP contribution in [0.15, 0.2) is 18.2 Å². The molecule has 2 aromatic heterocycles. The summed E-state index contributed by atoms with van der Waals surface area (Å²) in [5.41, 5.74) is 6.92. The highest BCUT2D eigenvalue weighted by atomic mass is 32.2. The molecule has 0 radical (unpaired) electrons. The lowest BCUT2D eigenvalue weighted by molar-refractivity contribution is 0.102. The minimum absolute atomic E-state index is 0.110. The van der Waals surface area contributed by atoms with Crippen LogP contribution in [-0.2, 0) is 18.6 Å². The number of aromatic nitrogens is 3. The van der Waals surface area contributed by atoms with Gasteiger partial charge in [0.2, 0.25) is 0 Å². The van der Waals surface area contributed by atoms with Gasteiger partial charge in [-0.05, 0) is 38.0 Å². The van der Waals surface area contributed by atoms with E-state index in [1.807, 2.05) is 43.9 Å². The van der Waals surface area contributed by atoms with Crippen molar-refractivity contribution in [3.63, 3.8) is 0 Å². The molecule has 0 aliphatic carbocycles. The highest BCUT2D eigenvalue weighted by molar-refractivity contribution is 7.98. The quantitative estimate of drug-likeness (QED) is 0.760. The zero-order valence-corrected chi connectivity index (χ0v) is 15.6. The van der Waals surface area contributed by atoms with Crippen LogP contribution in [0.1, 0.15) is 38.4 Å². The first kappa shape index (κ1) is 16.1. The van der Waals surface area contributed by atoms with Gasteiger partial charge >= 0.3 is 0 Å². The van der Waals surface area contributed by atoms with E-state index in [1.165, 1.54) is 5.56 Å². The predicted molar refractivity (Wildman–Crippen MR) is 102 cm³/mol. The molecule has 0 spiro atoms. The summed E-state index contributed by atoms with van der Waals surface area (Å²) in [7, 11) is 1.88. The Balaban J connectivity index is 1.80. The summed E-state index contributed by atoms with van der Waals surface area (Å²) in [6, 6.07) is 5.89. The standard InChI is InChI=1S/C19H20N4OS/c1-10-5-6-13-14(7-11(2)20-17(13)12(10)3)19(24)21-18-15-8-25-9-16(15)22-23(18)4/h5-7H,8-9H2,1-4H3,(H,21,24). The molecule has 1 aliphatic heterocycles. The molecular formula is C19H20N4OS. The molecule has 5 nitrogen and oxygen atoms in total. The zero-order valence-electron chi connectivity index (χ0n) is 14.8. The van der Waals surface area contributed by atoms with E-state index in [0.29, 0.717) is 5.56 Å². The Morgan fingerprint density at radius 2 is 2.04 bits per heavy atom. The number of carbonyl (C=O) groups is 1.